The number of thiocarbonyl (C=S) groups is 1. The molecular weight excluding hydrogens is 284 g/mol. The normalized spacial score (nSPS) is 13.5. The number of aliphatic hydroxyl groups excluding tert-OH is 1. The highest BCUT2D eigenvalue weighted by Gasteiger charge is 2.26. The van der Waals surface area contributed by atoms with E-state index in [0.29, 0.717) is 11.1 Å². The van der Waals surface area contributed by atoms with E-state index >= 15 is 0 Å². The van der Waals surface area contributed by atoms with Crippen molar-refractivity contribution in [3.05, 3.63) is 29.3 Å². The van der Waals surface area contributed by atoms with Crippen LogP contribution in [-0.2, 0) is 10.0 Å². The maximum atomic E-state index is 12.5. The molecule has 1 aromatic carbocycles. The quantitative estimate of drug-likeness (QED) is 0.780. The highest BCUT2D eigenvalue weighted by molar-refractivity contribution is 7.89. The second-order valence-electron chi connectivity index (χ2n) is 4.40. The van der Waals surface area contributed by atoms with Crippen molar-refractivity contribution < 1.29 is 13.5 Å². The molecule has 0 aromatic heterocycles. The summed E-state index contributed by atoms with van der Waals surface area (Å²) in [5.74, 6) is 0. The van der Waals surface area contributed by atoms with Crippen LogP contribution in [0.1, 0.15) is 18.1 Å². The summed E-state index contributed by atoms with van der Waals surface area (Å²) in [4.78, 5) is 0.301. The third-order valence-electron chi connectivity index (χ3n) is 3.01. The van der Waals surface area contributed by atoms with E-state index in [1.807, 2.05) is 0 Å². The number of rotatable bonds is 5. The molecule has 3 N–H and O–H groups in total. The van der Waals surface area contributed by atoms with Crippen LogP contribution in [0.4, 0.5) is 0 Å². The fourth-order valence-corrected chi connectivity index (χ4v) is 3.27. The van der Waals surface area contributed by atoms with Gasteiger partial charge in [-0.05, 0) is 25.5 Å². The number of benzene rings is 1. The molecule has 0 aliphatic rings. The molecule has 1 atom stereocenters. The first-order valence-electron chi connectivity index (χ1n) is 5.71. The maximum absolute atomic E-state index is 12.5. The lowest BCUT2D eigenvalue weighted by Gasteiger charge is -2.23. The highest BCUT2D eigenvalue weighted by Crippen LogP contribution is 2.22. The lowest BCUT2D eigenvalue weighted by atomic mass is 10.1. The van der Waals surface area contributed by atoms with Gasteiger partial charge in [0.1, 0.15) is 4.99 Å². The molecule has 0 bridgehead atoms. The van der Waals surface area contributed by atoms with Gasteiger partial charge in [0.15, 0.2) is 0 Å². The molecule has 0 saturated heterocycles. The van der Waals surface area contributed by atoms with Gasteiger partial charge < -0.3 is 10.8 Å². The van der Waals surface area contributed by atoms with Crippen LogP contribution in [0.3, 0.4) is 0 Å². The molecule has 0 fully saturated rings. The zero-order chi connectivity index (χ0) is 14.8. The number of nitrogens with zero attached hydrogens (tertiary/aromatic N) is 1. The molecule has 0 aliphatic carbocycles. The average molecular weight is 302 g/mol. The standard InChI is InChI=1S/C12H18N2O3S2/c1-8-4-5-10(12(13)18)6-11(8)19(16,17)14(3)9(2)7-15/h4-6,9,15H,7H2,1-3H3,(H2,13,18). The van der Waals surface area contributed by atoms with E-state index in [-0.39, 0.29) is 16.5 Å². The van der Waals surface area contributed by atoms with Crippen molar-refractivity contribution in [2.24, 2.45) is 5.73 Å². The first-order chi connectivity index (χ1) is 8.71. The molecule has 0 spiro atoms. The van der Waals surface area contributed by atoms with Crippen LogP contribution in [0.2, 0.25) is 0 Å². The first-order valence-corrected chi connectivity index (χ1v) is 7.56. The van der Waals surface area contributed by atoms with Crippen LogP contribution in [0.25, 0.3) is 0 Å². The van der Waals surface area contributed by atoms with Crippen LogP contribution >= 0.6 is 12.2 Å². The summed E-state index contributed by atoms with van der Waals surface area (Å²) in [6, 6.07) is 4.32. The van der Waals surface area contributed by atoms with Gasteiger partial charge in [-0.2, -0.15) is 4.31 Å². The van der Waals surface area contributed by atoms with Gasteiger partial charge in [-0.25, -0.2) is 8.42 Å². The molecule has 0 radical (unpaired) electrons. The predicted molar refractivity (Wildman–Crippen MR) is 78.6 cm³/mol. The fourth-order valence-electron chi connectivity index (χ4n) is 1.54. The zero-order valence-corrected chi connectivity index (χ0v) is 12.8. The van der Waals surface area contributed by atoms with Crippen molar-refractivity contribution in [3.8, 4) is 0 Å². The van der Waals surface area contributed by atoms with E-state index in [2.05, 4.69) is 0 Å². The Labute approximate surface area is 119 Å². The molecule has 5 nitrogen and oxygen atoms in total. The van der Waals surface area contributed by atoms with E-state index in [1.54, 1.807) is 26.0 Å². The van der Waals surface area contributed by atoms with Crippen molar-refractivity contribution in [2.45, 2.75) is 24.8 Å². The molecule has 0 saturated carbocycles. The minimum Gasteiger partial charge on any atom is -0.395 e. The van der Waals surface area contributed by atoms with Gasteiger partial charge in [-0.3, -0.25) is 0 Å². The Morgan fingerprint density at radius 1 is 1.53 bits per heavy atom. The van der Waals surface area contributed by atoms with Gasteiger partial charge in [0.05, 0.1) is 11.5 Å². The smallest absolute Gasteiger partial charge is 0.243 e. The van der Waals surface area contributed by atoms with Gasteiger partial charge in [0.2, 0.25) is 10.0 Å². The summed E-state index contributed by atoms with van der Waals surface area (Å²) in [6.45, 7) is 3.09. The second-order valence-corrected chi connectivity index (χ2v) is 6.80. The van der Waals surface area contributed by atoms with E-state index in [9.17, 15) is 8.42 Å². The first kappa shape index (κ1) is 16.0. The van der Waals surface area contributed by atoms with Crippen LogP contribution < -0.4 is 5.73 Å². The molecule has 106 valence electrons. The Balaban J connectivity index is 3.36. The summed E-state index contributed by atoms with van der Waals surface area (Å²) >= 11 is 4.86. The Kier molecular flexibility index (Phi) is 5.03. The lowest BCUT2D eigenvalue weighted by Crippen LogP contribution is -2.37. The Morgan fingerprint density at radius 3 is 2.58 bits per heavy atom. The molecule has 0 amide bonds. The van der Waals surface area contributed by atoms with Crippen molar-refractivity contribution in [1.29, 1.82) is 0 Å². The summed E-state index contributed by atoms with van der Waals surface area (Å²) in [6.07, 6.45) is 0. The van der Waals surface area contributed by atoms with Gasteiger partial charge in [-0.1, -0.05) is 24.4 Å². The van der Waals surface area contributed by atoms with Crippen molar-refractivity contribution in [2.75, 3.05) is 13.7 Å². The van der Waals surface area contributed by atoms with E-state index in [0.717, 1.165) is 4.31 Å². The molecule has 19 heavy (non-hydrogen) atoms. The highest BCUT2D eigenvalue weighted by atomic mass is 32.2. The van der Waals surface area contributed by atoms with Crippen LogP contribution in [0.15, 0.2) is 23.1 Å². The molecule has 1 aromatic rings. The predicted octanol–water partition coefficient (Wildman–Crippen LogP) is 0.631. The van der Waals surface area contributed by atoms with Gasteiger partial charge in [0, 0.05) is 18.7 Å². The summed E-state index contributed by atoms with van der Waals surface area (Å²) in [5, 5.41) is 9.08. The molecule has 1 rings (SSSR count). The van der Waals surface area contributed by atoms with Crippen molar-refractivity contribution in [1.82, 2.24) is 4.31 Å². The molecular formula is C12H18N2O3S2. The second kappa shape index (κ2) is 5.96. The van der Waals surface area contributed by atoms with Gasteiger partial charge in [-0.15, -0.1) is 0 Å². The number of hydrogen-bond acceptors (Lipinski definition) is 4. The van der Waals surface area contributed by atoms with E-state index in [4.69, 9.17) is 23.1 Å². The van der Waals surface area contributed by atoms with Crippen LogP contribution in [0, 0.1) is 6.92 Å². The van der Waals surface area contributed by atoms with Crippen LogP contribution in [-0.4, -0.2) is 42.5 Å². The molecule has 0 heterocycles. The molecule has 7 heteroatoms. The Morgan fingerprint density at radius 2 is 2.11 bits per heavy atom. The average Bonchev–Trinajstić information content (AvgIpc) is 2.36. The third kappa shape index (κ3) is 3.30. The maximum Gasteiger partial charge on any atom is 0.243 e. The summed E-state index contributed by atoms with van der Waals surface area (Å²) < 4.78 is 26.1. The number of aryl methyl sites for hydroxylation is 1. The molecule has 0 aliphatic heterocycles. The molecule has 1 unspecified atom stereocenters. The number of nitrogens with two attached hydrogens (primary N) is 1. The van der Waals surface area contributed by atoms with Gasteiger partial charge in [0.25, 0.3) is 0 Å². The Bertz CT molecular complexity index is 585. The van der Waals surface area contributed by atoms with E-state index in [1.165, 1.54) is 13.1 Å². The summed E-state index contributed by atoms with van der Waals surface area (Å²) in [7, 11) is -2.25. The number of sulfonamides is 1. The largest absolute Gasteiger partial charge is 0.395 e. The monoisotopic (exact) mass is 302 g/mol. The number of aliphatic hydroxyl groups is 1. The SMILES string of the molecule is Cc1ccc(C(N)=S)cc1S(=O)(=O)N(C)C(C)CO. The fraction of sp³-hybridized carbons (Fsp3) is 0.417. The van der Waals surface area contributed by atoms with Crippen molar-refractivity contribution >= 4 is 27.2 Å². The van der Waals surface area contributed by atoms with E-state index < -0.39 is 16.1 Å². The zero-order valence-electron chi connectivity index (χ0n) is 11.1. The van der Waals surface area contributed by atoms with Crippen molar-refractivity contribution in [3.63, 3.8) is 0 Å². The third-order valence-corrected chi connectivity index (χ3v) is 5.36. The lowest BCUT2D eigenvalue weighted by molar-refractivity contribution is 0.214. The minimum atomic E-state index is -3.68. The number of hydrogen-bond donors (Lipinski definition) is 2. The number of likely N-dealkylation sites (N-methyl/N-ethyl adjacent to an activating group) is 1. The van der Waals surface area contributed by atoms with Gasteiger partial charge >= 0.3 is 0 Å². The summed E-state index contributed by atoms with van der Waals surface area (Å²) in [5.41, 5.74) is 6.63. The van der Waals surface area contributed by atoms with Crippen LogP contribution in [0.5, 0.6) is 0 Å². The Hall–Kier alpha value is -1.02. The topological polar surface area (TPSA) is 83.6 Å². The minimum absolute atomic E-state index is 0.148.